The molecule has 1 aromatic carbocycles. The molecule has 1 aliphatic carbocycles. The molecule has 168 valence electrons. The van der Waals surface area contributed by atoms with Gasteiger partial charge >= 0.3 is 6.09 Å². The van der Waals surface area contributed by atoms with Crippen molar-refractivity contribution in [2.75, 3.05) is 13.1 Å². The van der Waals surface area contributed by atoms with Gasteiger partial charge in [-0.15, -0.1) is 0 Å². The van der Waals surface area contributed by atoms with Gasteiger partial charge in [-0.1, -0.05) is 12.1 Å². The highest BCUT2D eigenvalue weighted by Gasteiger charge is 2.41. The van der Waals surface area contributed by atoms with Gasteiger partial charge in [-0.3, -0.25) is 4.90 Å². The Labute approximate surface area is 184 Å². The smallest absolute Gasteiger partial charge is 0.410 e. The number of hydrogen-bond donors (Lipinski definition) is 0. The van der Waals surface area contributed by atoms with Gasteiger partial charge in [0.25, 0.3) is 0 Å². The van der Waals surface area contributed by atoms with Crippen LogP contribution in [0.5, 0.6) is 0 Å². The monoisotopic (exact) mass is 428 g/mol. The molecular formula is C24H33FN4O2. The molecule has 1 saturated carbocycles. The van der Waals surface area contributed by atoms with E-state index in [-0.39, 0.29) is 30.0 Å². The molecule has 0 spiro atoms. The summed E-state index contributed by atoms with van der Waals surface area (Å²) in [5.74, 6) is 0.331. The van der Waals surface area contributed by atoms with Crippen LogP contribution >= 0.6 is 0 Å². The van der Waals surface area contributed by atoms with Crippen LogP contribution in [0, 0.1) is 11.7 Å². The summed E-state index contributed by atoms with van der Waals surface area (Å²) in [4.78, 5) is 16.9. The van der Waals surface area contributed by atoms with Crippen molar-refractivity contribution in [3.63, 3.8) is 0 Å². The van der Waals surface area contributed by atoms with Crippen LogP contribution in [0.25, 0.3) is 0 Å². The average molecular weight is 429 g/mol. The molecule has 7 heteroatoms. The van der Waals surface area contributed by atoms with Gasteiger partial charge in [-0.2, -0.15) is 10.2 Å². The molecule has 2 fully saturated rings. The first-order valence-corrected chi connectivity index (χ1v) is 11.3. The van der Waals surface area contributed by atoms with Gasteiger partial charge in [0.15, 0.2) is 0 Å². The Morgan fingerprint density at radius 3 is 2.39 bits per heavy atom. The van der Waals surface area contributed by atoms with Gasteiger partial charge in [-0.05, 0) is 71.1 Å². The van der Waals surface area contributed by atoms with Crippen molar-refractivity contribution in [2.45, 2.75) is 77.6 Å². The molecule has 1 amide bonds. The standard InChI is InChI=1S/C24H33FN4O2/c1-15-14-29(23(30)31-24(3,4)5)16(2)13-28(15)22(18-8-10-19(25)11-9-18)21-12-20(26-27-21)17-6-7-17/h8-11,15-17,22H,6-7,12-14H2,1-5H3/t15-,16+,22?/m1/s1. The fourth-order valence-corrected chi connectivity index (χ4v) is 4.49. The maximum absolute atomic E-state index is 13.6. The minimum atomic E-state index is -0.525. The van der Waals surface area contributed by atoms with E-state index in [1.807, 2.05) is 44.7 Å². The molecule has 3 atom stereocenters. The number of carbonyl (C=O) groups excluding carboxylic acids is 1. The molecule has 3 aliphatic rings. The zero-order valence-corrected chi connectivity index (χ0v) is 19.1. The summed E-state index contributed by atoms with van der Waals surface area (Å²) in [7, 11) is 0. The first-order valence-electron chi connectivity index (χ1n) is 11.3. The van der Waals surface area contributed by atoms with Crippen molar-refractivity contribution >= 4 is 17.5 Å². The molecule has 1 unspecified atom stereocenters. The summed E-state index contributed by atoms with van der Waals surface area (Å²) in [5, 5.41) is 9.06. The second kappa shape index (κ2) is 8.34. The number of nitrogens with zero attached hydrogens (tertiary/aromatic N) is 4. The zero-order valence-electron chi connectivity index (χ0n) is 19.1. The minimum Gasteiger partial charge on any atom is -0.444 e. The molecular weight excluding hydrogens is 395 g/mol. The average Bonchev–Trinajstić information content (AvgIpc) is 3.43. The molecule has 0 N–H and O–H groups in total. The molecule has 4 rings (SSSR count). The van der Waals surface area contributed by atoms with E-state index < -0.39 is 5.60 Å². The van der Waals surface area contributed by atoms with Crippen molar-refractivity contribution in [1.29, 1.82) is 0 Å². The molecule has 6 nitrogen and oxygen atoms in total. The number of piperazine rings is 1. The van der Waals surface area contributed by atoms with E-state index in [1.54, 1.807) is 0 Å². The molecule has 2 heterocycles. The fraction of sp³-hybridized carbons (Fsp3) is 0.625. The number of benzene rings is 1. The van der Waals surface area contributed by atoms with E-state index in [1.165, 1.54) is 30.7 Å². The summed E-state index contributed by atoms with van der Waals surface area (Å²) < 4.78 is 19.3. The van der Waals surface area contributed by atoms with Crippen molar-refractivity contribution in [1.82, 2.24) is 9.80 Å². The third kappa shape index (κ3) is 4.97. The number of halogens is 1. The highest BCUT2D eigenvalue weighted by Crippen LogP contribution is 2.37. The Hall–Kier alpha value is -2.28. The van der Waals surface area contributed by atoms with Crippen LogP contribution < -0.4 is 0 Å². The third-order valence-corrected chi connectivity index (χ3v) is 6.21. The van der Waals surface area contributed by atoms with Crippen LogP contribution in [-0.2, 0) is 4.74 Å². The predicted octanol–water partition coefficient (Wildman–Crippen LogP) is 4.81. The van der Waals surface area contributed by atoms with Crippen LogP contribution in [0.4, 0.5) is 9.18 Å². The second-order valence-electron chi connectivity index (χ2n) is 10.1. The number of amides is 1. The van der Waals surface area contributed by atoms with Crippen molar-refractivity contribution < 1.29 is 13.9 Å². The normalized spacial score (nSPS) is 25.8. The predicted molar refractivity (Wildman–Crippen MR) is 120 cm³/mol. The molecule has 0 aromatic heterocycles. The minimum absolute atomic E-state index is 0.0141. The number of ether oxygens (including phenoxy) is 1. The van der Waals surface area contributed by atoms with E-state index >= 15 is 0 Å². The summed E-state index contributed by atoms with van der Waals surface area (Å²) in [5.41, 5.74) is 2.67. The number of carbonyl (C=O) groups is 1. The Balaban J connectivity index is 1.56. The van der Waals surface area contributed by atoms with Gasteiger partial charge in [0.1, 0.15) is 11.4 Å². The van der Waals surface area contributed by atoms with Crippen molar-refractivity contribution in [3.05, 3.63) is 35.6 Å². The lowest BCUT2D eigenvalue weighted by Crippen LogP contribution is -2.60. The SMILES string of the molecule is C[C@@H]1CN(C(=O)OC(C)(C)C)[C@@H](C)CN1C(C1=NN=C(C2CC2)C1)c1ccc(F)cc1. The van der Waals surface area contributed by atoms with E-state index in [0.717, 1.165) is 17.7 Å². The molecule has 0 bridgehead atoms. The summed E-state index contributed by atoms with van der Waals surface area (Å²) in [6.07, 6.45) is 2.90. The van der Waals surface area contributed by atoms with Gasteiger partial charge in [0.2, 0.25) is 0 Å². The van der Waals surface area contributed by atoms with Crippen LogP contribution in [-0.4, -0.2) is 58.1 Å². The lowest BCUT2D eigenvalue weighted by atomic mass is 9.93. The maximum Gasteiger partial charge on any atom is 0.410 e. The maximum atomic E-state index is 13.6. The Bertz CT molecular complexity index is 886. The Kier molecular flexibility index (Phi) is 5.90. The van der Waals surface area contributed by atoms with Crippen LogP contribution in [0.2, 0.25) is 0 Å². The molecule has 2 aliphatic heterocycles. The van der Waals surface area contributed by atoms with Crippen LogP contribution in [0.3, 0.4) is 0 Å². The molecule has 0 radical (unpaired) electrons. The van der Waals surface area contributed by atoms with Gasteiger partial charge in [-0.25, -0.2) is 9.18 Å². The lowest BCUT2D eigenvalue weighted by molar-refractivity contribution is -0.0142. The first-order chi connectivity index (χ1) is 14.6. The van der Waals surface area contributed by atoms with E-state index in [4.69, 9.17) is 4.74 Å². The van der Waals surface area contributed by atoms with Gasteiger partial charge < -0.3 is 9.64 Å². The third-order valence-electron chi connectivity index (χ3n) is 6.21. The highest BCUT2D eigenvalue weighted by molar-refractivity contribution is 6.11. The molecule has 1 saturated heterocycles. The topological polar surface area (TPSA) is 57.5 Å². The van der Waals surface area contributed by atoms with Crippen molar-refractivity contribution in [2.24, 2.45) is 16.1 Å². The quantitative estimate of drug-likeness (QED) is 0.692. The fourth-order valence-electron chi connectivity index (χ4n) is 4.49. The van der Waals surface area contributed by atoms with Gasteiger partial charge in [0, 0.05) is 37.3 Å². The Morgan fingerprint density at radius 1 is 1.10 bits per heavy atom. The van der Waals surface area contributed by atoms with Crippen molar-refractivity contribution in [3.8, 4) is 0 Å². The number of rotatable bonds is 4. The number of hydrogen-bond acceptors (Lipinski definition) is 5. The first kappa shape index (κ1) is 21.9. The van der Waals surface area contributed by atoms with Crippen LogP contribution in [0.15, 0.2) is 34.5 Å². The van der Waals surface area contributed by atoms with E-state index in [9.17, 15) is 9.18 Å². The van der Waals surface area contributed by atoms with Gasteiger partial charge in [0.05, 0.1) is 11.8 Å². The van der Waals surface area contributed by atoms with Crippen LogP contribution in [0.1, 0.15) is 65.5 Å². The van der Waals surface area contributed by atoms with E-state index in [2.05, 4.69) is 22.0 Å². The van der Waals surface area contributed by atoms with E-state index in [0.29, 0.717) is 19.0 Å². The highest BCUT2D eigenvalue weighted by atomic mass is 19.1. The Morgan fingerprint density at radius 2 is 1.77 bits per heavy atom. The molecule has 1 aromatic rings. The summed E-state index contributed by atoms with van der Waals surface area (Å²) in [6.45, 7) is 11.1. The molecule has 31 heavy (non-hydrogen) atoms. The largest absolute Gasteiger partial charge is 0.444 e. The second-order valence-corrected chi connectivity index (χ2v) is 10.1. The summed E-state index contributed by atoms with van der Waals surface area (Å²) >= 11 is 0. The lowest BCUT2D eigenvalue weighted by Gasteiger charge is -2.47. The summed E-state index contributed by atoms with van der Waals surface area (Å²) in [6, 6.07) is 6.69. The zero-order chi connectivity index (χ0) is 22.3.